The lowest BCUT2D eigenvalue weighted by molar-refractivity contribution is -0.117. The highest BCUT2D eigenvalue weighted by atomic mass is 16.5. The Balaban J connectivity index is 1.49. The van der Waals surface area contributed by atoms with Crippen molar-refractivity contribution in [2.75, 3.05) is 11.9 Å². The molecule has 186 valence electrons. The van der Waals surface area contributed by atoms with Crippen LogP contribution in [0.15, 0.2) is 78.9 Å². The van der Waals surface area contributed by atoms with Crippen LogP contribution in [0.25, 0.3) is 6.08 Å². The molecule has 3 aromatic carbocycles. The van der Waals surface area contributed by atoms with Gasteiger partial charge in [0.25, 0.3) is 17.7 Å². The first kappa shape index (κ1) is 26.2. The number of rotatable bonds is 7. The van der Waals surface area contributed by atoms with Gasteiger partial charge >= 0.3 is 0 Å². The summed E-state index contributed by atoms with van der Waals surface area (Å²) in [6, 6.07) is 21.2. The molecule has 0 bridgehead atoms. The molecule has 0 saturated heterocycles. The van der Waals surface area contributed by atoms with E-state index in [0.717, 1.165) is 16.9 Å². The number of hydrogen-bond donors (Lipinski definition) is 3. The monoisotopic (exact) mass is 485 g/mol. The molecule has 7 heteroatoms. The third-order valence-corrected chi connectivity index (χ3v) is 5.34. The van der Waals surface area contributed by atoms with Gasteiger partial charge in [-0.15, -0.1) is 0 Å². The SMILES string of the molecule is CCOc1ccc(/C=C/C(=O)NNC(=O)c2ccc(NC(=O)c3ccc(C(C)(C)C)cc3)cc2)cc1. The van der Waals surface area contributed by atoms with E-state index in [9.17, 15) is 14.4 Å². The predicted molar refractivity (Wildman–Crippen MR) is 142 cm³/mol. The average Bonchev–Trinajstić information content (AvgIpc) is 2.87. The van der Waals surface area contributed by atoms with Crippen molar-refractivity contribution in [2.45, 2.75) is 33.1 Å². The summed E-state index contributed by atoms with van der Waals surface area (Å²) in [6.07, 6.45) is 2.95. The predicted octanol–water partition coefficient (Wildman–Crippen LogP) is 5.11. The molecule has 0 radical (unpaired) electrons. The molecule has 0 saturated carbocycles. The lowest BCUT2D eigenvalue weighted by Gasteiger charge is -2.19. The quantitative estimate of drug-likeness (QED) is 0.320. The number of hydrogen-bond acceptors (Lipinski definition) is 4. The first-order chi connectivity index (χ1) is 17.2. The van der Waals surface area contributed by atoms with Crippen molar-refractivity contribution >= 4 is 29.5 Å². The molecule has 0 atom stereocenters. The summed E-state index contributed by atoms with van der Waals surface area (Å²) in [5.41, 5.74) is 8.13. The summed E-state index contributed by atoms with van der Waals surface area (Å²) in [7, 11) is 0. The van der Waals surface area contributed by atoms with Gasteiger partial charge in [0.05, 0.1) is 6.61 Å². The van der Waals surface area contributed by atoms with Crippen molar-refractivity contribution in [2.24, 2.45) is 0 Å². The van der Waals surface area contributed by atoms with E-state index in [2.05, 4.69) is 36.9 Å². The zero-order chi connectivity index (χ0) is 26.1. The Morgan fingerprint density at radius 2 is 1.36 bits per heavy atom. The van der Waals surface area contributed by atoms with E-state index in [4.69, 9.17) is 4.74 Å². The number of amides is 3. The first-order valence-electron chi connectivity index (χ1n) is 11.7. The highest BCUT2D eigenvalue weighted by Crippen LogP contribution is 2.22. The molecule has 0 aliphatic rings. The van der Waals surface area contributed by atoms with Crippen molar-refractivity contribution in [1.29, 1.82) is 0 Å². The van der Waals surface area contributed by atoms with Gasteiger partial charge in [-0.1, -0.05) is 45.0 Å². The van der Waals surface area contributed by atoms with Crippen LogP contribution in [-0.2, 0) is 10.2 Å². The maximum absolute atomic E-state index is 12.5. The minimum Gasteiger partial charge on any atom is -0.494 e. The van der Waals surface area contributed by atoms with E-state index in [1.807, 2.05) is 43.3 Å². The smallest absolute Gasteiger partial charge is 0.269 e. The summed E-state index contributed by atoms with van der Waals surface area (Å²) >= 11 is 0. The number of carbonyl (C=O) groups excluding carboxylic acids is 3. The fraction of sp³-hybridized carbons (Fsp3) is 0.207. The van der Waals surface area contributed by atoms with Crippen molar-refractivity contribution in [3.63, 3.8) is 0 Å². The number of ether oxygens (including phenoxy) is 1. The van der Waals surface area contributed by atoms with E-state index in [1.54, 1.807) is 42.5 Å². The van der Waals surface area contributed by atoms with Crippen LogP contribution in [0.1, 0.15) is 59.5 Å². The third-order valence-electron chi connectivity index (χ3n) is 5.34. The fourth-order valence-corrected chi connectivity index (χ4v) is 3.28. The summed E-state index contributed by atoms with van der Waals surface area (Å²) in [6.45, 7) is 8.84. The number of carbonyl (C=O) groups is 3. The van der Waals surface area contributed by atoms with E-state index < -0.39 is 11.8 Å². The fourth-order valence-electron chi connectivity index (χ4n) is 3.28. The summed E-state index contributed by atoms with van der Waals surface area (Å²) in [4.78, 5) is 36.9. The molecule has 0 aromatic heterocycles. The van der Waals surface area contributed by atoms with Crippen molar-refractivity contribution < 1.29 is 19.1 Å². The molecule has 0 aliphatic carbocycles. The number of nitrogens with one attached hydrogen (secondary N) is 3. The van der Waals surface area contributed by atoms with E-state index in [-0.39, 0.29) is 11.3 Å². The topological polar surface area (TPSA) is 96.5 Å². The number of hydrazine groups is 1. The largest absolute Gasteiger partial charge is 0.494 e. The van der Waals surface area contributed by atoms with Crippen LogP contribution in [0.2, 0.25) is 0 Å². The average molecular weight is 486 g/mol. The maximum atomic E-state index is 12.5. The molecule has 36 heavy (non-hydrogen) atoms. The zero-order valence-electron chi connectivity index (χ0n) is 20.9. The van der Waals surface area contributed by atoms with Crippen LogP contribution in [0.5, 0.6) is 5.75 Å². The molecule has 3 rings (SSSR count). The summed E-state index contributed by atoms with van der Waals surface area (Å²) in [5, 5.41) is 2.82. The van der Waals surface area contributed by atoms with Gasteiger partial charge in [0, 0.05) is 22.9 Å². The summed E-state index contributed by atoms with van der Waals surface area (Å²) in [5.74, 6) is -0.432. The molecule has 0 unspecified atom stereocenters. The Labute approximate surface area is 211 Å². The second-order valence-corrected chi connectivity index (χ2v) is 9.14. The van der Waals surface area contributed by atoms with Crippen LogP contribution >= 0.6 is 0 Å². The zero-order valence-corrected chi connectivity index (χ0v) is 20.9. The van der Waals surface area contributed by atoms with E-state index in [0.29, 0.717) is 23.4 Å². The minimum absolute atomic E-state index is 0.0113. The van der Waals surface area contributed by atoms with E-state index >= 15 is 0 Å². The Hall–Kier alpha value is -4.39. The van der Waals surface area contributed by atoms with Gasteiger partial charge in [-0.3, -0.25) is 25.2 Å². The van der Waals surface area contributed by atoms with Gasteiger partial charge in [-0.25, -0.2) is 0 Å². The van der Waals surface area contributed by atoms with Gasteiger partial charge in [0.2, 0.25) is 0 Å². The molecule has 0 spiro atoms. The highest BCUT2D eigenvalue weighted by molar-refractivity contribution is 6.04. The molecule has 3 amide bonds. The van der Waals surface area contributed by atoms with E-state index in [1.165, 1.54) is 6.08 Å². The molecule has 0 aliphatic heterocycles. The Bertz CT molecular complexity index is 1220. The van der Waals surface area contributed by atoms with Crippen LogP contribution in [-0.4, -0.2) is 24.3 Å². The third kappa shape index (κ3) is 7.56. The molecule has 0 fully saturated rings. The Morgan fingerprint density at radius 1 is 0.778 bits per heavy atom. The van der Waals surface area contributed by atoms with Gasteiger partial charge in [-0.05, 0) is 78.1 Å². The molecule has 7 nitrogen and oxygen atoms in total. The summed E-state index contributed by atoms with van der Waals surface area (Å²) < 4.78 is 5.38. The Kier molecular flexibility index (Phi) is 8.62. The van der Waals surface area contributed by atoms with Crippen LogP contribution in [0.3, 0.4) is 0 Å². The van der Waals surface area contributed by atoms with Gasteiger partial charge in [-0.2, -0.15) is 0 Å². The minimum atomic E-state index is -0.478. The lowest BCUT2D eigenvalue weighted by Crippen LogP contribution is -2.40. The van der Waals surface area contributed by atoms with Gasteiger partial charge in [0.1, 0.15) is 5.75 Å². The second-order valence-electron chi connectivity index (χ2n) is 9.14. The standard InChI is InChI=1S/C29H31N3O4/c1-5-36-25-17-6-20(7-18-25)8-19-26(33)31-32-28(35)22-11-15-24(16-12-22)30-27(34)21-9-13-23(14-10-21)29(2,3)4/h6-19H,5H2,1-4H3,(H,30,34)(H,31,33)(H,32,35)/b19-8+. The van der Waals surface area contributed by atoms with Crippen molar-refractivity contribution in [3.8, 4) is 5.75 Å². The molecule has 3 aromatic rings. The molecular weight excluding hydrogens is 454 g/mol. The first-order valence-corrected chi connectivity index (χ1v) is 11.7. The van der Waals surface area contributed by atoms with Crippen molar-refractivity contribution in [1.82, 2.24) is 10.9 Å². The number of anilines is 1. The lowest BCUT2D eigenvalue weighted by atomic mass is 9.87. The molecule has 0 heterocycles. The number of benzene rings is 3. The van der Waals surface area contributed by atoms with Gasteiger partial charge in [0.15, 0.2) is 0 Å². The van der Waals surface area contributed by atoms with Crippen LogP contribution in [0, 0.1) is 0 Å². The van der Waals surface area contributed by atoms with Crippen molar-refractivity contribution in [3.05, 3.63) is 101 Å². The van der Waals surface area contributed by atoms with Crippen LogP contribution in [0.4, 0.5) is 5.69 Å². The van der Waals surface area contributed by atoms with Gasteiger partial charge < -0.3 is 10.1 Å². The Morgan fingerprint density at radius 3 is 1.94 bits per heavy atom. The highest BCUT2D eigenvalue weighted by Gasteiger charge is 2.14. The maximum Gasteiger partial charge on any atom is 0.269 e. The molecular formula is C29H31N3O4. The normalized spacial score (nSPS) is 11.1. The molecule has 3 N–H and O–H groups in total. The van der Waals surface area contributed by atoms with Crippen LogP contribution < -0.4 is 20.9 Å². The second kappa shape index (κ2) is 11.8.